The van der Waals surface area contributed by atoms with E-state index in [4.69, 9.17) is 16.3 Å². The summed E-state index contributed by atoms with van der Waals surface area (Å²) in [6.45, 7) is 1.98. The van der Waals surface area contributed by atoms with Crippen LogP contribution in [0.25, 0.3) is 11.4 Å². The molecular formula is C12H9ClF3N3O2. The fraction of sp³-hybridized carbons (Fsp3) is 0.250. The zero-order chi connectivity index (χ0) is 15.5. The fourth-order valence-electron chi connectivity index (χ4n) is 1.51. The predicted molar refractivity (Wildman–Crippen MR) is 68.1 cm³/mol. The van der Waals surface area contributed by atoms with Crippen molar-refractivity contribution in [1.29, 1.82) is 0 Å². The quantitative estimate of drug-likeness (QED) is 0.863. The first-order valence-corrected chi connectivity index (χ1v) is 6.16. The number of ether oxygens (including phenoxy) is 2. The first-order valence-electron chi connectivity index (χ1n) is 5.78. The Labute approximate surface area is 122 Å². The van der Waals surface area contributed by atoms with Crippen LogP contribution in [0.2, 0.25) is 5.28 Å². The van der Waals surface area contributed by atoms with Gasteiger partial charge in [-0.25, -0.2) is 0 Å². The van der Waals surface area contributed by atoms with Crippen molar-refractivity contribution in [3.63, 3.8) is 0 Å². The maximum atomic E-state index is 12.4. The van der Waals surface area contributed by atoms with E-state index >= 15 is 0 Å². The van der Waals surface area contributed by atoms with Crippen molar-refractivity contribution < 1.29 is 22.6 Å². The number of benzene rings is 1. The van der Waals surface area contributed by atoms with Gasteiger partial charge in [-0.2, -0.15) is 15.0 Å². The second-order valence-corrected chi connectivity index (χ2v) is 4.03. The third kappa shape index (κ3) is 4.19. The molecule has 5 nitrogen and oxygen atoms in total. The van der Waals surface area contributed by atoms with Gasteiger partial charge in [0.1, 0.15) is 5.75 Å². The standard InChI is InChI=1S/C12H9ClF3N3O2/c1-2-20-11-18-9(17-10(13)19-11)7-5-3-4-6-8(7)21-12(14,15)16/h3-6H,2H2,1H3. The Morgan fingerprint density at radius 3 is 2.52 bits per heavy atom. The van der Waals surface area contributed by atoms with Crippen LogP contribution < -0.4 is 9.47 Å². The molecule has 2 aromatic rings. The van der Waals surface area contributed by atoms with Gasteiger partial charge in [-0.3, -0.25) is 0 Å². The van der Waals surface area contributed by atoms with Gasteiger partial charge in [0.25, 0.3) is 0 Å². The normalized spacial score (nSPS) is 11.3. The molecule has 0 bridgehead atoms. The van der Waals surface area contributed by atoms with Gasteiger partial charge >= 0.3 is 12.4 Å². The van der Waals surface area contributed by atoms with E-state index in [1.807, 2.05) is 0 Å². The summed E-state index contributed by atoms with van der Waals surface area (Å²) in [5.74, 6) is -0.506. The first kappa shape index (κ1) is 15.3. The summed E-state index contributed by atoms with van der Waals surface area (Å²) in [6, 6.07) is 5.38. The Kier molecular flexibility index (Phi) is 4.46. The van der Waals surface area contributed by atoms with Gasteiger partial charge in [-0.05, 0) is 30.7 Å². The van der Waals surface area contributed by atoms with Gasteiger partial charge in [-0.1, -0.05) is 12.1 Å². The number of alkyl halides is 3. The summed E-state index contributed by atoms with van der Waals surface area (Å²) < 4.78 is 46.2. The number of hydrogen-bond donors (Lipinski definition) is 0. The average Bonchev–Trinajstić information content (AvgIpc) is 2.37. The minimum Gasteiger partial charge on any atom is -0.464 e. The molecule has 112 valence electrons. The lowest BCUT2D eigenvalue weighted by Crippen LogP contribution is -2.17. The smallest absolute Gasteiger partial charge is 0.464 e. The second-order valence-electron chi connectivity index (χ2n) is 3.69. The second kappa shape index (κ2) is 6.13. The third-order valence-electron chi connectivity index (χ3n) is 2.21. The first-order chi connectivity index (χ1) is 9.89. The van der Waals surface area contributed by atoms with Crippen LogP contribution in [-0.2, 0) is 0 Å². The van der Waals surface area contributed by atoms with Gasteiger partial charge in [0.15, 0.2) is 5.82 Å². The van der Waals surface area contributed by atoms with Crippen molar-refractivity contribution in [3.05, 3.63) is 29.5 Å². The molecule has 2 rings (SSSR count). The predicted octanol–water partition coefficient (Wildman–Crippen LogP) is 3.49. The Bertz CT molecular complexity index is 637. The molecule has 1 aromatic heterocycles. The van der Waals surface area contributed by atoms with E-state index < -0.39 is 12.1 Å². The molecule has 0 saturated carbocycles. The molecule has 0 aliphatic rings. The lowest BCUT2D eigenvalue weighted by molar-refractivity contribution is -0.274. The van der Waals surface area contributed by atoms with E-state index in [0.717, 1.165) is 6.07 Å². The van der Waals surface area contributed by atoms with Crippen LogP contribution in [0.1, 0.15) is 6.92 Å². The van der Waals surface area contributed by atoms with Crippen LogP contribution in [0, 0.1) is 0 Å². The van der Waals surface area contributed by atoms with Crippen LogP contribution in [0.3, 0.4) is 0 Å². The molecular weight excluding hydrogens is 311 g/mol. The van der Waals surface area contributed by atoms with Gasteiger partial charge in [0, 0.05) is 0 Å². The van der Waals surface area contributed by atoms with Crippen LogP contribution in [0.5, 0.6) is 11.8 Å². The van der Waals surface area contributed by atoms with Crippen molar-refractivity contribution in [2.24, 2.45) is 0 Å². The van der Waals surface area contributed by atoms with Crippen molar-refractivity contribution in [1.82, 2.24) is 15.0 Å². The van der Waals surface area contributed by atoms with E-state index in [-0.39, 0.29) is 29.3 Å². The summed E-state index contributed by atoms with van der Waals surface area (Å²) in [7, 11) is 0. The Morgan fingerprint density at radius 2 is 1.86 bits per heavy atom. The largest absolute Gasteiger partial charge is 0.573 e. The molecule has 0 radical (unpaired) electrons. The van der Waals surface area contributed by atoms with Crippen molar-refractivity contribution in [3.8, 4) is 23.1 Å². The number of halogens is 4. The molecule has 0 fully saturated rings. The maximum absolute atomic E-state index is 12.4. The van der Waals surface area contributed by atoms with Crippen LogP contribution >= 0.6 is 11.6 Å². The molecule has 0 N–H and O–H groups in total. The van der Waals surface area contributed by atoms with Gasteiger partial charge < -0.3 is 9.47 Å². The van der Waals surface area contributed by atoms with Crippen LogP contribution in [-0.4, -0.2) is 27.9 Å². The summed E-state index contributed by atoms with van der Waals surface area (Å²) in [5.41, 5.74) is 0.0279. The van der Waals surface area contributed by atoms with E-state index in [0.29, 0.717) is 0 Å². The number of aromatic nitrogens is 3. The van der Waals surface area contributed by atoms with Crippen LogP contribution in [0.4, 0.5) is 13.2 Å². The number of para-hydroxylation sites is 1. The van der Waals surface area contributed by atoms with E-state index in [2.05, 4.69) is 19.7 Å². The van der Waals surface area contributed by atoms with E-state index in [1.165, 1.54) is 18.2 Å². The van der Waals surface area contributed by atoms with Crippen molar-refractivity contribution in [2.75, 3.05) is 6.61 Å². The van der Waals surface area contributed by atoms with E-state index in [1.54, 1.807) is 6.92 Å². The molecule has 0 amide bonds. The number of rotatable bonds is 4. The average molecular weight is 320 g/mol. The summed E-state index contributed by atoms with van der Waals surface area (Å²) in [4.78, 5) is 11.4. The molecule has 1 aromatic carbocycles. The van der Waals surface area contributed by atoms with E-state index in [9.17, 15) is 13.2 Å². The Hall–Kier alpha value is -2.09. The highest BCUT2D eigenvalue weighted by molar-refractivity contribution is 6.28. The SMILES string of the molecule is CCOc1nc(Cl)nc(-c2ccccc2OC(F)(F)F)n1. The summed E-state index contributed by atoms with van der Waals surface area (Å²) in [6.07, 6.45) is -4.82. The monoisotopic (exact) mass is 319 g/mol. The minimum absolute atomic E-state index is 0.0279. The highest BCUT2D eigenvalue weighted by Crippen LogP contribution is 2.32. The highest BCUT2D eigenvalue weighted by Gasteiger charge is 2.32. The summed E-state index contributed by atoms with van der Waals surface area (Å²) >= 11 is 5.72. The zero-order valence-electron chi connectivity index (χ0n) is 10.7. The molecule has 9 heteroatoms. The fourth-order valence-corrected chi connectivity index (χ4v) is 1.66. The van der Waals surface area contributed by atoms with Gasteiger partial charge in [-0.15, -0.1) is 13.2 Å². The Balaban J connectivity index is 2.46. The lowest BCUT2D eigenvalue weighted by atomic mass is 10.2. The summed E-state index contributed by atoms with van der Waals surface area (Å²) in [5, 5.41) is -0.190. The molecule has 0 atom stereocenters. The molecule has 0 saturated heterocycles. The van der Waals surface area contributed by atoms with Crippen LogP contribution in [0.15, 0.2) is 24.3 Å². The van der Waals surface area contributed by atoms with Crippen molar-refractivity contribution in [2.45, 2.75) is 13.3 Å². The molecule has 1 heterocycles. The van der Waals surface area contributed by atoms with Gasteiger partial charge in [0.05, 0.1) is 12.2 Å². The molecule has 0 aliphatic carbocycles. The molecule has 0 unspecified atom stereocenters. The number of nitrogens with zero attached hydrogens (tertiary/aromatic N) is 3. The lowest BCUT2D eigenvalue weighted by Gasteiger charge is -2.12. The Morgan fingerprint density at radius 1 is 1.14 bits per heavy atom. The molecule has 21 heavy (non-hydrogen) atoms. The maximum Gasteiger partial charge on any atom is 0.573 e. The number of hydrogen-bond acceptors (Lipinski definition) is 5. The minimum atomic E-state index is -4.82. The highest BCUT2D eigenvalue weighted by atomic mass is 35.5. The molecule has 0 aliphatic heterocycles. The van der Waals surface area contributed by atoms with Gasteiger partial charge in [0.2, 0.25) is 5.28 Å². The molecule has 0 spiro atoms. The topological polar surface area (TPSA) is 57.1 Å². The van der Waals surface area contributed by atoms with Crippen molar-refractivity contribution >= 4 is 11.6 Å². The third-order valence-corrected chi connectivity index (χ3v) is 2.38. The zero-order valence-corrected chi connectivity index (χ0v) is 11.4.